The molecule has 1 aromatic rings. The van der Waals surface area contributed by atoms with Gasteiger partial charge in [-0.25, -0.2) is 0 Å². The van der Waals surface area contributed by atoms with E-state index in [1.807, 2.05) is 36.9 Å². The van der Waals surface area contributed by atoms with Gasteiger partial charge in [0.25, 0.3) is 0 Å². The van der Waals surface area contributed by atoms with Crippen LogP contribution in [0, 0.1) is 5.92 Å². The largest absolute Gasteiger partial charge is 0.326 e. The maximum absolute atomic E-state index is 12.3. The van der Waals surface area contributed by atoms with E-state index in [-0.39, 0.29) is 17.7 Å². The Hall–Kier alpha value is -1.84. The van der Waals surface area contributed by atoms with Gasteiger partial charge in [-0.2, -0.15) is 0 Å². The summed E-state index contributed by atoms with van der Waals surface area (Å²) in [6.07, 6.45) is 4.41. The molecule has 4 heteroatoms. The molecule has 1 N–H and O–H groups in total. The molecule has 0 saturated heterocycles. The van der Waals surface area contributed by atoms with E-state index in [9.17, 15) is 9.59 Å². The smallest absolute Gasteiger partial charge is 0.229 e. The lowest BCUT2D eigenvalue weighted by molar-refractivity contribution is -0.121. The van der Waals surface area contributed by atoms with Crippen LogP contribution in [0.5, 0.6) is 0 Å². The Bertz CT molecular complexity index is 552. The van der Waals surface area contributed by atoms with Crippen LogP contribution in [0.2, 0.25) is 0 Å². The standard InChI is InChI=1S/C18H26N2O2/c1-4-5-8-17(21)19-15-9-10-16-14(12-15)7-6-11-20(16)18(22)13(2)3/h9-10,12-13H,4-8,11H2,1-3H3,(H,19,21). The maximum atomic E-state index is 12.3. The molecule has 22 heavy (non-hydrogen) atoms. The lowest BCUT2D eigenvalue weighted by Crippen LogP contribution is -2.38. The van der Waals surface area contributed by atoms with Gasteiger partial charge >= 0.3 is 0 Å². The normalized spacial score (nSPS) is 13.9. The average Bonchev–Trinajstić information content (AvgIpc) is 2.51. The number of amides is 2. The van der Waals surface area contributed by atoms with Crippen molar-refractivity contribution in [2.24, 2.45) is 5.92 Å². The molecule has 1 aliphatic heterocycles. The van der Waals surface area contributed by atoms with E-state index >= 15 is 0 Å². The molecule has 2 amide bonds. The van der Waals surface area contributed by atoms with Crippen molar-refractivity contribution >= 4 is 23.2 Å². The Labute approximate surface area is 132 Å². The maximum Gasteiger partial charge on any atom is 0.229 e. The molecule has 0 bridgehead atoms. The number of anilines is 2. The summed E-state index contributed by atoms with van der Waals surface area (Å²) < 4.78 is 0. The van der Waals surface area contributed by atoms with Crippen LogP contribution in [0.15, 0.2) is 18.2 Å². The molecule has 4 nitrogen and oxygen atoms in total. The van der Waals surface area contributed by atoms with Crippen molar-refractivity contribution in [1.29, 1.82) is 0 Å². The third kappa shape index (κ3) is 3.87. The number of benzene rings is 1. The molecule has 1 aromatic carbocycles. The number of fused-ring (bicyclic) bond motifs is 1. The number of hydrogen-bond donors (Lipinski definition) is 1. The summed E-state index contributed by atoms with van der Waals surface area (Å²) >= 11 is 0. The molecule has 0 saturated carbocycles. The minimum atomic E-state index is -0.000580. The fraction of sp³-hybridized carbons (Fsp3) is 0.556. The zero-order valence-corrected chi connectivity index (χ0v) is 13.8. The fourth-order valence-corrected chi connectivity index (χ4v) is 2.78. The van der Waals surface area contributed by atoms with E-state index in [4.69, 9.17) is 0 Å². The van der Waals surface area contributed by atoms with Gasteiger partial charge in [0.1, 0.15) is 0 Å². The number of nitrogens with zero attached hydrogens (tertiary/aromatic N) is 1. The van der Waals surface area contributed by atoms with Gasteiger partial charge in [0, 0.05) is 30.3 Å². The van der Waals surface area contributed by atoms with Crippen molar-refractivity contribution in [3.63, 3.8) is 0 Å². The van der Waals surface area contributed by atoms with Gasteiger partial charge < -0.3 is 10.2 Å². The monoisotopic (exact) mass is 302 g/mol. The van der Waals surface area contributed by atoms with E-state index < -0.39 is 0 Å². The van der Waals surface area contributed by atoms with Crippen molar-refractivity contribution in [1.82, 2.24) is 0 Å². The SMILES string of the molecule is CCCCC(=O)Nc1ccc2c(c1)CCCN2C(=O)C(C)C. The first-order valence-electron chi connectivity index (χ1n) is 8.27. The van der Waals surface area contributed by atoms with E-state index in [0.717, 1.165) is 49.2 Å². The lowest BCUT2D eigenvalue weighted by atomic mass is 9.99. The summed E-state index contributed by atoms with van der Waals surface area (Å²) in [5.74, 6) is 0.229. The summed E-state index contributed by atoms with van der Waals surface area (Å²) in [5.41, 5.74) is 2.98. The quantitative estimate of drug-likeness (QED) is 0.900. The van der Waals surface area contributed by atoms with Crippen LogP contribution in [-0.4, -0.2) is 18.4 Å². The summed E-state index contributed by atoms with van der Waals surface area (Å²) in [4.78, 5) is 26.0. The Morgan fingerprint density at radius 3 is 2.77 bits per heavy atom. The minimum Gasteiger partial charge on any atom is -0.326 e. The predicted octanol–water partition coefficient (Wildman–Crippen LogP) is 3.75. The Morgan fingerprint density at radius 1 is 1.32 bits per heavy atom. The molecular weight excluding hydrogens is 276 g/mol. The molecule has 0 unspecified atom stereocenters. The van der Waals surface area contributed by atoms with Gasteiger partial charge in [-0.1, -0.05) is 27.2 Å². The molecule has 0 aromatic heterocycles. The van der Waals surface area contributed by atoms with Gasteiger partial charge in [-0.3, -0.25) is 9.59 Å². The Kier molecular flexibility index (Phi) is 5.58. The number of carbonyl (C=O) groups excluding carboxylic acids is 2. The number of hydrogen-bond acceptors (Lipinski definition) is 2. The Morgan fingerprint density at radius 2 is 2.09 bits per heavy atom. The van der Waals surface area contributed by atoms with Crippen LogP contribution in [0.3, 0.4) is 0 Å². The number of carbonyl (C=O) groups is 2. The topological polar surface area (TPSA) is 49.4 Å². The molecule has 0 spiro atoms. The van der Waals surface area contributed by atoms with Crippen molar-refractivity contribution in [3.8, 4) is 0 Å². The molecule has 120 valence electrons. The van der Waals surface area contributed by atoms with E-state index in [1.54, 1.807) is 0 Å². The molecule has 2 rings (SSSR count). The van der Waals surface area contributed by atoms with Crippen molar-refractivity contribution in [2.75, 3.05) is 16.8 Å². The van der Waals surface area contributed by atoms with Crippen molar-refractivity contribution in [3.05, 3.63) is 23.8 Å². The average molecular weight is 302 g/mol. The van der Waals surface area contributed by atoms with Gasteiger partial charge in [-0.05, 0) is 43.0 Å². The van der Waals surface area contributed by atoms with E-state index in [1.165, 1.54) is 0 Å². The second-order valence-corrected chi connectivity index (χ2v) is 6.24. The van der Waals surface area contributed by atoms with Crippen LogP contribution >= 0.6 is 0 Å². The lowest BCUT2D eigenvalue weighted by Gasteiger charge is -2.31. The van der Waals surface area contributed by atoms with E-state index in [0.29, 0.717) is 6.42 Å². The predicted molar refractivity (Wildman–Crippen MR) is 90.1 cm³/mol. The first-order chi connectivity index (χ1) is 10.5. The third-order valence-electron chi connectivity index (χ3n) is 4.00. The van der Waals surface area contributed by atoms with E-state index in [2.05, 4.69) is 12.2 Å². The highest BCUT2D eigenvalue weighted by Gasteiger charge is 2.24. The number of unbranched alkanes of at least 4 members (excludes halogenated alkanes) is 1. The third-order valence-corrected chi connectivity index (χ3v) is 4.00. The molecular formula is C18H26N2O2. The first kappa shape index (κ1) is 16.5. The summed E-state index contributed by atoms with van der Waals surface area (Å²) in [6.45, 7) is 6.72. The second-order valence-electron chi connectivity index (χ2n) is 6.24. The fourth-order valence-electron chi connectivity index (χ4n) is 2.78. The van der Waals surface area contributed by atoms with Gasteiger partial charge in [0.2, 0.25) is 11.8 Å². The van der Waals surface area contributed by atoms with Gasteiger partial charge in [0.05, 0.1) is 0 Å². The highest BCUT2D eigenvalue weighted by molar-refractivity contribution is 5.97. The van der Waals surface area contributed by atoms with Crippen LogP contribution in [-0.2, 0) is 16.0 Å². The molecule has 0 aliphatic carbocycles. The second kappa shape index (κ2) is 7.43. The van der Waals surface area contributed by atoms with Crippen LogP contribution in [0.1, 0.15) is 52.0 Å². The Balaban J connectivity index is 2.14. The molecule has 0 atom stereocenters. The van der Waals surface area contributed by atoms with Gasteiger partial charge in [0.15, 0.2) is 0 Å². The molecule has 1 heterocycles. The summed E-state index contributed by atoms with van der Waals surface area (Å²) in [6, 6.07) is 5.87. The van der Waals surface area contributed by atoms with Crippen molar-refractivity contribution in [2.45, 2.75) is 52.9 Å². The number of rotatable bonds is 5. The highest BCUT2D eigenvalue weighted by Crippen LogP contribution is 2.30. The number of nitrogens with one attached hydrogen (secondary N) is 1. The zero-order valence-electron chi connectivity index (χ0n) is 13.8. The van der Waals surface area contributed by atoms with Crippen LogP contribution in [0.25, 0.3) is 0 Å². The number of aryl methyl sites for hydroxylation is 1. The molecule has 0 radical (unpaired) electrons. The summed E-state index contributed by atoms with van der Waals surface area (Å²) in [7, 11) is 0. The van der Waals surface area contributed by atoms with Crippen LogP contribution in [0.4, 0.5) is 11.4 Å². The highest BCUT2D eigenvalue weighted by atomic mass is 16.2. The summed E-state index contributed by atoms with van der Waals surface area (Å²) in [5, 5.41) is 2.95. The van der Waals surface area contributed by atoms with Crippen molar-refractivity contribution < 1.29 is 9.59 Å². The minimum absolute atomic E-state index is 0.000580. The first-order valence-corrected chi connectivity index (χ1v) is 8.27. The zero-order chi connectivity index (χ0) is 16.1. The van der Waals surface area contributed by atoms with Crippen LogP contribution < -0.4 is 10.2 Å². The molecule has 1 aliphatic rings. The molecule has 0 fully saturated rings. The van der Waals surface area contributed by atoms with Gasteiger partial charge in [-0.15, -0.1) is 0 Å².